The van der Waals surface area contributed by atoms with Crippen LogP contribution in [0.15, 0.2) is 18.2 Å². The molecule has 0 atom stereocenters. The quantitative estimate of drug-likeness (QED) is 0.818. The lowest BCUT2D eigenvalue weighted by Crippen LogP contribution is -2.64. The van der Waals surface area contributed by atoms with Gasteiger partial charge in [0, 0.05) is 5.56 Å². The summed E-state index contributed by atoms with van der Waals surface area (Å²) in [6.45, 7) is 4.78. The minimum atomic E-state index is -0.964. The first-order valence-electron chi connectivity index (χ1n) is 5.71. The van der Waals surface area contributed by atoms with E-state index in [0.717, 1.165) is 0 Å². The summed E-state index contributed by atoms with van der Waals surface area (Å²) >= 11 is 0. The van der Waals surface area contributed by atoms with Crippen LogP contribution >= 0.6 is 0 Å². The van der Waals surface area contributed by atoms with Crippen molar-refractivity contribution in [2.45, 2.75) is 26.3 Å². The molecule has 1 saturated heterocycles. The van der Waals surface area contributed by atoms with E-state index in [9.17, 15) is 14.0 Å². The highest BCUT2D eigenvalue weighted by molar-refractivity contribution is 6.09. The molecule has 2 amide bonds. The Balaban J connectivity index is 2.46. The number of nitrogens with zero attached hydrogens (tertiary/aromatic N) is 1. The number of hydrogen-bond donors (Lipinski definition) is 1. The average Bonchev–Trinajstić information content (AvgIpc) is 2.27. The molecule has 1 aliphatic heterocycles. The summed E-state index contributed by atoms with van der Waals surface area (Å²) < 4.78 is 13.5. The highest BCUT2D eigenvalue weighted by Crippen LogP contribution is 2.26. The van der Waals surface area contributed by atoms with Crippen molar-refractivity contribution in [1.82, 2.24) is 5.32 Å². The Bertz CT molecular complexity index is 526. The second kappa shape index (κ2) is 4.08. The fourth-order valence-electron chi connectivity index (χ4n) is 2.08. The first-order chi connectivity index (χ1) is 8.33. The highest BCUT2D eigenvalue weighted by atomic mass is 19.1. The fourth-order valence-corrected chi connectivity index (χ4v) is 2.08. The summed E-state index contributed by atoms with van der Waals surface area (Å²) in [7, 11) is 0. The van der Waals surface area contributed by atoms with Gasteiger partial charge in [0.25, 0.3) is 5.91 Å². The number of hydrogen-bond acceptors (Lipinski definition) is 2. The standard InChI is InChI=1S/C13H15FN2O2/c1-8-9(14)5-4-6-10(8)16-7-11(17)15-13(2,3)12(16)18/h4-6H,7H2,1-3H3,(H,15,17). The molecule has 1 aromatic carbocycles. The van der Waals surface area contributed by atoms with Crippen LogP contribution in [0.3, 0.4) is 0 Å². The van der Waals surface area contributed by atoms with E-state index in [4.69, 9.17) is 0 Å². The monoisotopic (exact) mass is 250 g/mol. The summed E-state index contributed by atoms with van der Waals surface area (Å²) in [5.41, 5.74) is -0.145. The molecule has 0 spiro atoms. The fraction of sp³-hybridized carbons (Fsp3) is 0.385. The molecule has 0 bridgehead atoms. The molecule has 18 heavy (non-hydrogen) atoms. The second-order valence-corrected chi connectivity index (χ2v) is 4.95. The van der Waals surface area contributed by atoms with Crippen LogP contribution in [0.4, 0.5) is 10.1 Å². The molecule has 1 fully saturated rings. The zero-order valence-electron chi connectivity index (χ0n) is 10.6. The van der Waals surface area contributed by atoms with E-state index in [1.807, 2.05) is 0 Å². The Morgan fingerprint density at radius 3 is 2.67 bits per heavy atom. The summed E-state index contributed by atoms with van der Waals surface area (Å²) in [5.74, 6) is -0.872. The van der Waals surface area contributed by atoms with E-state index >= 15 is 0 Å². The number of carbonyl (C=O) groups excluding carboxylic acids is 2. The van der Waals surface area contributed by atoms with Gasteiger partial charge in [-0.15, -0.1) is 0 Å². The van der Waals surface area contributed by atoms with E-state index in [-0.39, 0.29) is 24.2 Å². The van der Waals surface area contributed by atoms with Gasteiger partial charge in [0.1, 0.15) is 17.9 Å². The van der Waals surface area contributed by atoms with Crippen LogP contribution in [0.1, 0.15) is 19.4 Å². The molecule has 1 N–H and O–H groups in total. The Hall–Kier alpha value is -1.91. The SMILES string of the molecule is Cc1c(F)cccc1N1CC(=O)NC(C)(C)C1=O. The third kappa shape index (κ3) is 1.96. The zero-order chi connectivity index (χ0) is 13.5. The number of halogens is 1. The molecule has 4 nitrogen and oxygen atoms in total. The van der Waals surface area contributed by atoms with Gasteiger partial charge in [-0.2, -0.15) is 0 Å². The van der Waals surface area contributed by atoms with Crippen molar-refractivity contribution in [3.63, 3.8) is 0 Å². The number of anilines is 1. The van der Waals surface area contributed by atoms with Crippen molar-refractivity contribution in [2.75, 3.05) is 11.4 Å². The Labute approximate surface area is 105 Å². The predicted molar refractivity (Wildman–Crippen MR) is 65.7 cm³/mol. The van der Waals surface area contributed by atoms with Gasteiger partial charge in [0.2, 0.25) is 5.91 Å². The van der Waals surface area contributed by atoms with Crippen molar-refractivity contribution >= 4 is 17.5 Å². The van der Waals surface area contributed by atoms with Crippen LogP contribution in [0.25, 0.3) is 0 Å². The van der Waals surface area contributed by atoms with E-state index in [1.54, 1.807) is 26.8 Å². The third-order valence-corrected chi connectivity index (χ3v) is 3.06. The van der Waals surface area contributed by atoms with Crippen molar-refractivity contribution in [1.29, 1.82) is 0 Å². The lowest BCUT2D eigenvalue weighted by atomic mass is 9.99. The second-order valence-electron chi connectivity index (χ2n) is 4.95. The first kappa shape index (κ1) is 12.5. The van der Waals surface area contributed by atoms with E-state index in [2.05, 4.69) is 5.32 Å². The number of amides is 2. The molecule has 96 valence electrons. The van der Waals surface area contributed by atoms with Gasteiger partial charge in [0.15, 0.2) is 0 Å². The maximum Gasteiger partial charge on any atom is 0.252 e. The van der Waals surface area contributed by atoms with Gasteiger partial charge >= 0.3 is 0 Å². The summed E-state index contributed by atoms with van der Waals surface area (Å²) in [6.07, 6.45) is 0. The van der Waals surface area contributed by atoms with Gasteiger partial charge in [-0.05, 0) is 32.9 Å². The van der Waals surface area contributed by atoms with Crippen LogP contribution in [-0.4, -0.2) is 23.9 Å². The van der Waals surface area contributed by atoms with Gasteiger partial charge in [-0.25, -0.2) is 4.39 Å². The third-order valence-electron chi connectivity index (χ3n) is 3.06. The van der Waals surface area contributed by atoms with E-state index in [1.165, 1.54) is 17.0 Å². The topological polar surface area (TPSA) is 49.4 Å². The van der Waals surface area contributed by atoms with Gasteiger partial charge in [-0.3, -0.25) is 9.59 Å². The van der Waals surface area contributed by atoms with Crippen LogP contribution in [0, 0.1) is 12.7 Å². The average molecular weight is 250 g/mol. The molecule has 1 aromatic rings. The minimum absolute atomic E-state index is 0.0768. The number of rotatable bonds is 1. The maximum atomic E-state index is 13.5. The smallest absolute Gasteiger partial charge is 0.252 e. The number of benzene rings is 1. The van der Waals surface area contributed by atoms with Gasteiger partial charge in [-0.1, -0.05) is 6.07 Å². The van der Waals surface area contributed by atoms with Gasteiger partial charge in [0.05, 0.1) is 5.69 Å². The molecule has 1 aliphatic rings. The number of nitrogens with one attached hydrogen (secondary N) is 1. The normalized spacial score (nSPS) is 18.8. The molecule has 0 aliphatic carbocycles. The van der Waals surface area contributed by atoms with Gasteiger partial charge < -0.3 is 10.2 Å². The van der Waals surface area contributed by atoms with Crippen molar-refractivity contribution < 1.29 is 14.0 Å². The highest BCUT2D eigenvalue weighted by Gasteiger charge is 2.40. The molecule has 1 heterocycles. The number of carbonyl (C=O) groups is 2. The van der Waals surface area contributed by atoms with Crippen LogP contribution in [0.5, 0.6) is 0 Å². The van der Waals surface area contributed by atoms with Crippen LogP contribution in [-0.2, 0) is 9.59 Å². The molecular weight excluding hydrogens is 235 g/mol. The van der Waals surface area contributed by atoms with Crippen molar-refractivity contribution in [2.24, 2.45) is 0 Å². The summed E-state index contributed by atoms with van der Waals surface area (Å²) in [5, 5.41) is 2.62. The molecule has 0 radical (unpaired) electrons. The van der Waals surface area contributed by atoms with Crippen molar-refractivity contribution in [3.8, 4) is 0 Å². The van der Waals surface area contributed by atoms with Crippen LogP contribution < -0.4 is 10.2 Å². The number of piperazine rings is 1. The predicted octanol–water partition coefficient (Wildman–Crippen LogP) is 1.38. The Morgan fingerprint density at radius 1 is 1.33 bits per heavy atom. The molecule has 0 unspecified atom stereocenters. The minimum Gasteiger partial charge on any atom is -0.341 e. The lowest BCUT2D eigenvalue weighted by Gasteiger charge is -2.38. The maximum absolute atomic E-state index is 13.5. The molecular formula is C13H15FN2O2. The molecule has 5 heteroatoms. The van der Waals surface area contributed by atoms with Crippen LogP contribution in [0.2, 0.25) is 0 Å². The Kier molecular flexibility index (Phi) is 2.84. The summed E-state index contributed by atoms with van der Waals surface area (Å²) in [4.78, 5) is 25.2. The lowest BCUT2D eigenvalue weighted by molar-refractivity contribution is -0.134. The molecule has 2 rings (SSSR count). The van der Waals surface area contributed by atoms with E-state index < -0.39 is 5.54 Å². The first-order valence-corrected chi connectivity index (χ1v) is 5.71. The largest absolute Gasteiger partial charge is 0.341 e. The Morgan fingerprint density at radius 2 is 2.00 bits per heavy atom. The summed E-state index contributed by atoms with van der Waals surface area (Å²) in [6, 6.07) is 4.51. The zero-order valence-corrected chi connectivity index (χ0v) is 10.6. The van der Waals surface area contributed by atoms with Crippen molar-refractivity contribution in [3.05, 3.63) is 29.6 Å². The molecule has 0 aromatic heterocycles. The molecule has 0 saturated carbocycles. The van der Waals surface area contributed by atoms with E-state index in [0.29, 0.717) is 11.3 Å².